The largest absolute Gasteiger partial charge is 1.00 e. The Labute approximate surface area is 221 Å². The van der Waals surface area contributed by atoms with Crippen molar-refractivity contribution in [2.24, 2.45) is 46.3 Å². The van der Waals surface area contributed by atoms with E-state index in [-0.39, 0.29) is 82.9 Å². The third-order valence-electron chi connectivity index (χ3n) is 10.6. The van der Waals surface area contributed by atoms with Crippen molar-refractivity contribution < 1.29 is 62.0 Å². The number of fused-ring (bicyclic) bond motifs is 5. The van der Waals surface area contributed by atoms with E-state index in [9.17, 15) is 28.3 Å². The molecule has 9 heteroatoms. The second-order valence-electron chi connectivity index (χ2n) is 11.9. The fourth-order valence-electron chi connectivity index (χ4n) is 8.90. The van der Waals surface area contributed by atoms with Gasteiger partial charge in [-0.25, -0.2) is 8.42 Å². The molecule has 0 aromatic heterocycles. The summed E-state index contributed by atoms with van der Waals surface area (Å²) in [6, 6.07) is 0. The van der Waals surface area contributed by atoms with Crippen molar-refractivity contribution >= 4 is 10.4 Å². The Morgan fingerprint density at radius 2 is 1.76 bits per heavy atom. The molecule has 1 unspecified atom stereocenters. The van der Waals surface area contributed by atoms with E-state index in [4.69, 9.17) is 0 Å². The van der Waals surface area contributed by atoms with Crippen molar-refractivity contribution in [3.63, 3.8) is 0 Å². The van der Waals surface area contributed by atoms with E-state index < -0.39 is 16.5 Å². The van der Waals surface area contributed by atoms with Crippen molar-refractivity contribution in [3.8, 4) is 0 Å². The summed E-state index contributed by atoms with van der Waals surface area (Å²) >= 11 is 0. The molecule has 0 heterocycles. The smallest absolute Gasteiger partial charge is 0.726 e. The molecule has 0 amide bonds. The van der Waals surface area contributed by atoms with Gasteiger partial charge in [-0.15, -0.1) is 0 Å². The van der Waals surface area contributed by atoms with E-state index in [1.165, 1.54) is 0 Å². The minimum absolute atomic E-state index is 0. The van der Waals surface area contributed by atoms with Gasteiger partial charge in [-0.3, -0.25) is 4.18 Å². The second kappa shape index (κ2) is 10.3. The van der Waals surface area contributed by atoms with Crippen molar-refractivity contribution in [3.05, 3.63) is 0 Å². The van der Waals surface area contributed by atoms with E-state index in [0.717, 1.165) is 44.9 Å². The summed E-state index contributed by atoms with van der Waals surface area (Å²) in [4.78, 5) is 0. The average Bonchev–Trinajstić information content (AvgIpc) is 3.05. The monoisotopic (exact) mass is 496 g/mol. The molecule has 0 spiro atoms. The van der Waals surface area contributed by atoms with Gasteiger partial charge in [0.2, 0.25) is 10.4 Å². The van der Waals surface area contributed by atoms with Crippen molar-refractivity contribution in [2.45, 2.75) is 96.9 Å². The molecule has 4 aliphatic carbocycles. The van der Waals surface area contributed by atoms with Gasteiger partial charge < -0.3 is 19.9 Å². The summed E-state index contributed by atoms with van der Waals surface area (Å²) in [5, 5.41) is 33.1. The van der Waals surface area contributed by atoms with Crippen LogP contribution >= 0.6 is 0 Å². The van der Waals surface area contributed by atoms with Gasteiger partial charge in [0.15, 0.2) is 0 Å². The van der Waals surface area contributed by atoms with Gasteiger partial charge in [-0.2, -0.15) is 0 Å². The molecule has 0 aliphatic heterocycles. The van der Waals surface area contributed by atoms with Crippen LogP contribution in [0.1, 0.15) is 78.6 Å². The first-order valence-corrected chi connectivity index (χ1v) is 13.9. The Hall–Kier alpha value is 0.750. The maximum atomic E-state index is 11.5. The van der Waals surface area contributed by atoms with Gasteiger partial charge in [-0.1, -0.05) is 20.8 Å². The van der Waals surface area contributed by atoms with Crippen LogP contribution in [0, 0.1) is 46.3 Å². The summed E-state index contributed by atoms with van der Waals surface area (Å²) < 4.78 is 36.4. The SMILES string of the molecule is C[C@@H](CCCOS(=O)(=O)[O-])[C@H]1CC[C@H]2C3[C@H](O)C[C@H]4C[C@H](O)CC[C@]4(C)[C@H]3C[C@H](O)[C@]12C.[Na+]. The van der Waals surface area contributed by atoms with Crippen LogP contribution in [-0.2, 0) is 14.6 Å². The maximum absolute atomic E-state index is 11.5. The Bertz CT molecular complexity index is 794. The zero-order valence-corrected chi connectivity index (χ0v) is 23.5. The predicted octanol–water partition coefficient (Wildman–Crippen LogP) is -0.155. The minimum atomic E-state index is -4.65. The average molecular weight is 497 g/mol. The van der Waals surface area contributed by atoms with E-state index in [1.807, 2.05) is 0 Å². The fourth-order valence-corrected chi connectivity index (χ4v) is 9.22. The van der Waals surface area contributed by atoms with Crippen LogP contribution in [0.4, 0.5) is 0 Å². The normalized spacial score (nSPS) is 48.2. The molecule has 3 N–H and O–H groups in total. The molecular formula is C24H41NaO7S. The van der Waals surface area contributed by atoms with Gasteiger partial charge in [0.05, 0.1) is 24.9 Å². The van der Waals surface area contributed by atoms with Gasteiger partial charge >= 0.3 is 29.6 Å². The van der Waals surface area contributed by atoms with Crippen LogP contribution in [0.5, 0.6) is 0 Å². The van der Waals surface area contributed by atoms with Crippen LogP contribution in [-0.4, -0.2) is 53.2 Å². The zero-order valence-electron chi connectivity index (χ0n) is 20.7. The first kappa shape index (κ1) is 28.3. The standard InChI is InChI=1S/C24H42O7S.Na/c1-14(5-4-10-31-32(28,29)30)17-6-7-18-22-19(13-21(27)24(17,18)3)23(2)9-8-16(25)11-15(23)12-20(22)26;/h14-22,25-27H,4-13H2,1-3H3,(H,28,29,30);/q;+1/p-1/t14-,15+,16+,17+,18-,19-,20+,21-,22?,23-,24+;/m0./s1. The van der Waals surface area contributed by atoms with Crippen molar-refractivity contribution in [2.75, 3.05) is 6.61 Å². The molecular weight excluding hydrogens is 455 g/mol. The summed E-state index contributed by atoms with van der Waals surface area (Å²) in [5.41, 5.74) is -0.208. The van der Waals surface area contributed by atoms with Crippen molar-refractivity contribution in [1.82, 2.24) is 0 Å². The number of hydrogen-bond acceptors (Lipinski definition) is 7. The predicted molar refractivity (Wildman–Crippen MR) is 118 cm³/mol. The Balaban J connectivity index is 0.00000306. The number of rotatable bonds is 6. The number of aliphatic hydroxyl groups is 3. The second-order valence-corrected chi connectivity index (χ2v) is 12.9. The molecule has 33 heavy (non-hydrogen) atoms. The molecule has 0 aromatic carbocycles. The molecule has 4 saturated carbocycles. The molecule has 0 radical (unpaired) electrons. The Morgan fingerprint density at radius 3 is 2.42 bits per heavy atom. The van der Waals surface area contributed by atoms with Crippen LogP contribution in [0.2, 0.25) is 0 Å². The minimum Gasteiger partial charge on any atom is -0.726 e. The van der Waals surface area contributed by atoms with Crippen molar-refractivity contribution in [1.29, 1.82) is 0 Å². The molecule has 0 aromatic rings. The third-order valence-corrected chi connectivity index (χ3v) is 11.0. The molecule has 4 fully saturated rings. The molecule has 4 aliphatic rings. The Morgan fingerprint density at radius 1 is 1.06 bits per heavy atom. The maximum Gasteiger partial charge on any atom is 1.00 e. The Kier molecular flexibility index (Phi) is 8.80. The van der Waals surface area contributed by atoms with E-state index >= 15 is 0 Å². The molecule has 7 nitrogen and oxygen atoms in total. The summed E-state index contributed by atoms with van der Waals surface area (Å²) in [7, 11) is -4.65. The molecule has 0 saturated heterocycles. The zero-order chi connectivity index (χ0) is 23.5. The molecule has 11 atom stereocenters. The van der Waals surface area contributed by atoms with E-state index in [1.54, 1.807) is 0 Å². The summed E-state index contributed by atoms with van der Waals surface area (Å²) in [6.07, 6.45) is 6.12. The van der Waals surface area contributed by atoms with Crippen LogP contribution < -0.4 is 29.6 Å². The van der Waals surface area contributed by atoms with Gasteiger partial charge in [0.1, 0.15) is 0 Å². The molecule has 0 bridgehead atoms. The van der Waals surface area contributed by atoms with E-state index in [2.05, 4.69) is 25.0 Å². The number of hydrogen-bond donors (Lipinski definition) is 3. The van der Waals surface area contributed by atoms with Gasteiger partial charge in [0.25, 0.3) is 0 Å². The summed E-state index contributed by atoms with van der Waals surface area (Å²) in [5.74, 6) is 1.60. The van der Waals surface area contributed by atoms with Crippen LogP contribution in [0.25, 0.3) is 0 Å². The number of aliphatic hydroxyl groups excluding tert-OH is 3. The van der Waals surface area contributed by atoms with Crippen LogP contribution in [0.3, 0.4) is 0 Å². The quantitative estimate of drug-likeness (QED) is 0.202. The van der Waals surface area contributed by atoms with E-state index in [0.29, 0.717) is 24.7 Å². The van der Waals surface area contributed by atoms with Crippen LogP contribution in [0.15, 0.2) is 0 Å². The third kappa shape index (κ3) is 5.12. The molecule has 4 rings (SSSR count). The van der Waals surface area contributed by atoms with Gasteiger partial charge in [0, 0.05) is 0 Å². The fraction of sp³-hybridized carbons (Fsp3) is 1.00. The van der Waals surface area contributed by atoms with Gasteiger partial charge in [-0.05, 0) is 104 Å². The first-order valence-electron chi connectivity index (χ1n) is 12.5. The summed E-state index contributed by atoms with van der Waals surface area (Å²) in [6.45, 7) is 6.60. The first-order chi connectivity index (χ1) is 14.9. The topological polar surface area (TPSA) is 127 Å². The molecule has 186 valence electrons.